The summed E-state index contributed by atoms with van der Waals surface area (Å²) in [4.78, 5) is 12.5. The van der Waals surface area contributed by atoms with Gasteiger partial charge in [-0.1, -0.05) is 299 Å². The quantitative estimate of drug-likeness (QED) is 0.0420. The molecule has 0 radical (unpaired) electrons. The van der Waals surface area contributed by atoms with Crippen molar-refractivity contribution in [1.82, 2.24) is 5.32 Å². The molecule has 0 saturated heterocycles. The van der Waals surface area contributed by atoms with Gasteiger partial charge in [0.1, 0.15) is 0 Å². The molecule has 4 heteroatoms. The normalized spacial score (nSPS) is 13.2. The van der Waals surface area contributed by atoms with E-state index >= 15 is 0 Å². The van der Waals surface area contributed by atoms with Crippen LogP contribution < -0.4 is 5.32 Å². The summed E-state index contributed by atoms with van der Waals surface area (Å²) in [5.74, 6) is -0.0748. The van der Waals surface area contributed by atoms with Crippen molar-refractivity contribution in [3.63, 3.8) is 0 Å². The molecule has 398 valence electrons. The molecule has 1 amide bonds. The van der Waals surface area contributed by atoms with Crippen LogP contribution in [0, 0.1) is 0 Å². The van der Waals surface area contributed by atoms with E-state index in [0.29, 0.717) is 6.42 Å². The Kier molecular flexibility index (Phi) is 57.7. The van der Waals surface area contributed by atoms with Gasteiger partial charge in [-0.25, -0.2) is 0 Å². The van der Waals surface area contributed by atoms with Crippen molar-refractivity contribution in [2.75, 3.05) is 6.61 Å². The Morgan fingerprint density at radius 1 is 0.353 bits per heavy atom. The lowest BCUT2D eigenvalue weighted by atomic mass is 10.0. The van der Waals surface area contributed by atoms with Crippen molar-refractivity contribution >= 4 is 5.91 Å². The average molecular weight is 951 g/mol. The molecule has 3 N–H and O–H groups in total. The molecule has 0 aromatic heterocycles. The summed E-state index contributed by atoms with van der Waals surface area (Å²) in [7, 11) is 0. The van der Waals surface area contributed by atoms with Crippen LogP contribution in [0.3, 0.4) is 0 Å². The molecule has 0 spiro atoms. The third kappa shape index (κ3) is 55.0. The lowest BCUT2D eigenvalue weighted by Crippen LogP contribution is -2.45. The van der Waals surface area contributed by atoms with Crippen LogP contribution in [0.4, 0.5) is 0 Å². The van der Waals surface area contributed by atoms with Gasteiger partial charge in [-0.3, -0.25) is 4.79 Å². The van der Waals surface area contributed by atoms with Gasteiger partial charge in [-0.15, -0.1) is 0 Å². The fraction of sp³-hybridized carbons (Fsp3) is 0.828. The van der Waals surface area contributed by atoms with E-state index in [4.69, 9.17) is 0 Å². The number of carbonyl (C=O) groups excluding carboxylic acids is 1. The molecule has 0 fully saturated rings. The monoisotopic (exact) mass is 950 g/mol. The molecule has 0 aromatic carbocycles. The van der Waals surface area contributed by atoms with Gasteiger partial charge in [0, 0.05) is 6.42 Å². The smallest absolute Gasteiger partial charge is 0.220 e. The molecular formula is C64H119NO3. The number of nitrogens with one attached hydrogen (secondary N) is 1. The first-order chi connectivity index (χ1) is 33.7. The second-order valence-corrected chi connectivity index (χ2v) is 20.7. The van der Waals surface area contributed by atoms with Gasteiger partial charge in [0.25, 0.3) is 0 Å². The summed E-state index contributed by atoms with van der Waals surface area (Å²) >= 11 is 0. The zero-order chi connectivity index (χ0) is 49.2. The summed E-state index contributed by atoms with van der Waals surface area (Å²) in [6, 6.07) is -0.647. The van der Waals surface area contributed by atoms with Crippen molar-refractivity contribution in [1.29, 1.82) is 0 Å². The highest BCUT2D eigenvalue weighted by Crippen LogP contribution is 2.17. The highest BCUT2D eigenvalue weighted by Gasteiger charge is 2.18. The number of amides is 1. The zero-order valence-electron chi connectivity index (χ0n) is 45.9. The lowest BCUT2D eigenvalue weighted by molar-refractivity contribution is -0.123. The SMILES string of the molecule is CCCCCCCCCCCCC/C=C\C/C=C\CCCCCCCCCCCCCCCCCCCC(=O)NC(CO)C(O)/C=C/CC/C=C/CC/C=C/CCCCCCCCCCCCC. The summed E-state index contributed by atoms with van der Waals surface area (Å²) in [6.45, 7) is 4.32. The molecule has 0 saturated carbocycles. The van der Waals surface area contributed by atoms with Crippen LogP contribution in [0.1, 0.15) is 322 Å². The topological polar surface area (TPSA) is 69.6 Å². The molecular weight excluding hydrogens is 831 g/mol. The van der Waals surface area contributed by atoms with Crippen LogP contribution in [-0.4, -0.2) is 34.9 Å². The second-order valence-electron chi connectivity index (χ2n) is 20.7. The summed E-state index contributed by atoms with van der Waals surface area (Å²) < 4.78 is 0. The van der Waals surface area contributed by atoms with Crippen LogP contribution in [0.2, 0.25) is 0 Å². The molecule has 4 nitrogen and oxygen atoms in total. The van der Waals surface area contributed by atoms with E-state index < -0.39 is 12.1 Å². The summed E-state index contributed by atoms with van der Waals surface area (Å²) in [5, 5.41) is 23.2. The molecule has 0 aliphatic rings. The van der Waals surface area contributed by atoms with E-state index in [1.54, 1.807) is 6.08 Å². The number of aliphatic hydroxyl groups excluding tert-OH is 2. The zero-order valence-corrected chi connectivity index (χ0v) is 45.9. The molecule has 0 aliphatic heterocycles. The molecule has 2 atom stereocenters. The van der Waals surface area contributed by atoms with E-state index in [0.717, 1.165) is 44.9 Å². The predicted molar refractivity (Wildman–Crippen MR) is 304 cm³/mol. The van der Waals surface area contributed by atoms with Crippen LogP contribution in [0.5, 0.6) is 0 Å². The lowest BCUT2D eigenvalue weighted by Gasteiger charge is -2.19. The van der Waals surface area contributed by atoms with Gasteiger partial charge in [-0.05, 0) is 77.0 Å². The fourth-order valence-corrected chi connectivity index (χ4v) is 9.30. The Hall–Kier alpha value is -1.91. The first kappa shape index (κ1) is 66.1. The van der Waals surface area contributed by atoms with Gasteiger partial charge in [0.05, 0.1) is 18.8 Å². The number of carbonyl (C=O) groups is 1. The van der Waals surface area contributed by atoms with Crippen molar-refractivity contribution < 1.29 is 15.0 Å². The van der Waals surface area contributed by atoms with E-state index in [1.807, 2.05) is 6.08 Å². The minimum Gasteiger partial charge on any atom is -0.394 e. The number of unbranched alkanes of at least 4 members (excludes halogenated alkanes) is 41. The minimum absolute atomic E-state index is 0.0748. The number of hydrogen-bond donors (Lipinski definition) is 3. The maximum Gasteiger partial charge on any atom is 0.220 e. The summed E-state index contributed by atoms with van der Waals surface area (Å²) in [5.41, 5.74) is 0. The molecule has 2 unspecified atom stereocenters. The number of rotatable bonds is 56. The first-order valence-corrected chi connectivity index (χ1v) is 30.5. The first-order valence-electron chi connectivity index (χ1n) is 30.5. The number of allylic oxidation sites excluding steroid dienone is 9. The van der Waals surface area contributed by atoms with Crippen LogP contribution in [0.25, 0.3) is 0 Å². The van der Waals surface area contributed by atoms with Crippen LogP contribution >= 0.6 is 0 Å². The summed E-state index contributed by atoms with van der Waals surface area (Å²) in [6.07, 6.45) is 84.1. The number of aliphatic hydroxyl groups is 2. The Morgan fingerprint density at radius 2 is 0.618 bits per heavy atom. The highest BCUT2D eigenvalue weighted by molar-refractivity contribution is 5.76. The maximum atomic E-state index is 12.5. The fourth-order valence-electron chi connectivity index (χ4n) is 9.30. The molecule has 0 rings (SSSR count). The van der Waals surface area contributed by atoms with Gasteiger partial charge in [-0.2, -0.15) is 0 Å². The third-order valence-corrected chi connectivity index (χ3v) is 14.0. The molecule has 0 aromatic rings. The molecule has 68 heavy (non-hydrogen) atoms. The Labute approximate surface area is 426 Å². The highest BCUT2D eigenvalue weighted by atomic mass is 16.3. The molecule has 0 aliphatic carbocycles. The van der Waals surface area contributed by atoms with Crippen LogP contribution in [0.15, 0.2) is 60.8 Å². The molecule has 0 heterocycles. The number of hydrogen-bond acceptors (Lipinski definition) is 3. The van der Waals surface area contributed by atoms with E-state index in [1.165, 1.54) is 257 Å². The Balaban J connectivity index is 3.50. The Morgan fingerprint density at radius 3 is 0.941 bits per heavy atom. The second kappa shape index (κ2) is 59.4. The van der Waals surface area contributed by atoms with E-state index in [-0.39, 0.29) is 12.5 Å². The van der Waals surface area contributed by atoms with Gasteiger partial charge >= 0.3 is 0 Å². The Bertz CT molecular complexity index is 1120. The van der Waals surface area contributed by atoms with Crippen molar-refractivity contribution in [3.05, 3.63) is 60.8 Å². The van der Waals surface area contributed by atoms with Crippen molar-refractivity contribution in [3.8, 4) is 0 Å². The third-order valence-electron chi connectivity index (χ3n) is 14.0. The van der Waals surface area contributed by atoms with Gasteiger partial charge in [0.15, 0.2) is 0 Å². The minimum atomic E-state index is -0.872. The standard InChI is InChI=1S/C64H119NO3/c1-3-5-7-9-11-13-15-17-19-21-23-25-26-27-28-29-30-31-32-33-34-35-36-37-38-40-42-44-46-48-50-52-54-56-58-60-64(68)65-62(61-66)63(67)59-57-55-53-51-49-47-45-43-41-39-24-22-20-18-16-14-12-10-8-6-4-2/h26-27,29-30,41,43,49,51,57,59,62-63,66-67H,3-25,28,31-40,42,44-48,50,52-56,58,60-61H2,1-2H3,(H,65,68)/b27-26-,30-29-,43-41+,51-49+,59-57+. The maximum absolute atomic E-state index is 12.5. The van der Waals surface area contributed by atoms with E-state index in [2.05, 4.69) is 67.8 Å². The largest absolute Gasteiger partial charge is 0.394 e. The van der Waals surface area contributed by atoms with Crippen molar-refractivity contribution in [2.24, 2.45) is 0 Å². The molecule has 0 bridgehead atoms. The van der Waals surface area contributed by atoms with Gasteiger partial charge < -0.3 is 15.5 Å². The van der Waals surface area contributed by atoms with E-state index in [9.17, 15) is 15.0 Å². The van der Waals surface area contributed by atoms with Crippen molar-refractivity contribution in [2.45, 2.75) is 334 Å². The average Bonchev–Trinajstić information content (AvgIpc) is 3.34. The van der Waals surface area contributed by atoms with Crippen LogP contribution in [-0.2, 0) is 4.79 Å². The predicted octanol–water partition coefficient (Wildman–Crippen LogP) is 20.4. The van der Waals surface area contributed by atoms with Gasteiger partial charge in [0.2, 0.25) is 5.91 Å².